The van der Waals surface area contributed by atoms with E-state index in [1.165, 1.54) is 12.5 Å². The fourth-order valence-electron chi connectivity index (χ4n) is 1.67. The first-order chi connectivity index (χ1) is 9.66. The number of aromatic amines is 1. The van der Waals surface area contributed by atoms with Crippen LogP contribution in [0.2, 0.25) is 0 Å². The van der Waals surface area contributed by atoms with Gasteiger partial charge in [0, 0.05) is 32.4 Å². The third-order valence-corrected chi connectivity index (χ3v) is 2.78. The number of furan rings is 1. The van der Waals surface area contributed by atoms with E-state index in [4.69, 9.17) is 4.42 Å². The van der Waals surface area contributed by atoms with Crippen LogP contribution in [0.4, 0.5) is 0 Å². The topological polar surface area (TPSA) is 91.2 Å². The van der Waals surface area contributed by atoms with Crippen molar-refractivity contribution in [2.45, 2.75) is 13.0 Å². The molecule has 7 nitrogen and oxygen atoms in total. The number of amides is 2. The summed E-state index contributed by atoms with van der Waals surface area (Å²) in [5.74, 6) is 0.414. The molecule has 0 bridgehead atoms. The van der Waals surface area contributed by atoms with Gasteiger partial charge >= 0.3 is 0 Å². The zero-order chi connectivity index (χ0) is 14.4. The number of hydrogen-bond acceptors (Lipinski definition) is 4. The van der Waals surface area contributed by atoms with Gasteiger partial charge in [0.25, 0.3) is 5.91 Å². The van der Waals surface area contributed by atoms with Crippen LogP contribution in [0.3, 0.4) is 0 Å². The van der Waals surface area contributed by atoms with Crippen molar-refractivity contribution in [3.8, 4) is 0 Å². The Morgan fingerprint density at radius 3 is 3.00 bits per heavy atom. The van der Waals surface area contributed by atoms with E-state index >= 15 is 0 Å². The number of nitrogens with zero attached hydrogens (tertiary/aromatic N) is 2. The summed E-state index contributed by atoms with van der Waals surface area (Å²) in [6.07, 6.45) is 6.37. The van der Waals surface area contributed by atoms with Crippen molar-refractivity contribution in [3.05, 3.63) is 42.4 Å². The summed E-state index contributed by atoms with van der Waals surface area (Å²) >= 11 is 0. The van der Waals surface area contributed by atoms with Crippen LogP contribution in [-0.4, -0.2) is 40.3 Å². The van der Waals surface area contributed by atoms with E-state index in [9.17, 15) is 9.59 Å². The lowest BCUT2D eigenvalue weighted by molar-refractivity contribution is -0.130. The summed E-state index contributed by atoms with van der Waals surface area (Å²) < 4.78 is 4.81. The number of carbonyl (C=O) groups is 2. The van der Waals surface area contributed by atoms with Crippen molar-refractivity contribution in [1.29, 1.82) is 0 Å². The molecule has 2 heterocycles. The maximum atomic E-state index is 11.9. The van der Waals surface area contributed by atoms with Crippen LogP contribution in [0.15, 0.2) is 35.4 Å². The molecular formula is C13H16N4O3. The predicted octanol–water partition coefficient (Wildman–Crippen LogP) is 0.781. The van der Waals surface area contributed by atoms with E-state index in [2.05, 4.69) is 15.3 Å². The molecule has 0 spiro atoms. The largest absolute Gasteiger partial charge is 0.472 e. The van der Waals surface area contributed by atoms with Crippen molar-refractivity contribution >= 4 is 11.8 Å². The van der Waals surface area contributed by atoms with E-state index in [1.54, 1.807) is 30.4 Å². The number of hydrogen-bond donors (Lipinski definition) is 2. The highest BCUT2D eigenvalue weighted by Gasteiger charge is 2.11. The van der Waals surface area contributed by atoms with Crippen LogP contribution in [0.5, 0.6) is 0 Å². The molecule has 0 aliphatic rings. The first kappa shape index (κ1) is 13.9. The van der Waals surface area contributed by atoms with Crippen molar-refractivity contribution in [3.63, 3.8) is 0 Å². The Kier molecular flexibility index (Phi) is 4.54. The molecule has 0 fully saturated rings. The maximum Gasteiger partial charge on any atom is 0.254 e. The van der Waals surface area contributed by atoms with E-state index in [0.717, 1.165) is 5.82 Å². The third-order valence-electron chi connectivity index (χ3n) is 2.78. The molecule has 106 valence electrons. The van der Waals surface area contributed by atoms with Crippen molar-refractivity contribution in [2.24, 2.45) is 0 Å². The lowest BCUT2D eigenvalue weighted by Crippen LogP contribution is -2.32. The van der Waals surface area contributed by atoms with Crippen LogP contribution in [-0.2, 0) is 11.3 Å². The number of rotatable bonds is 6. The zero-order valence-electron chi connectivity index (χ0n) is 11.1. The Hall–Kier alpha value is -2.57. The highest BCUT2D eigenvalue weighted by molar-refractivity contribution is 5.93. The average molecular weight is 276 g/mol. The molecule has 0 saturated carbocycles. The van der Waals surface area contributed by atoms with Crippen LogP contribution in [0.25, 0.3) is 0 Å². The molecule has 0 aliphatic heterocycles. The Labute approximate surface area is 116 Å². The molecule has 2 aromatic rings. The van der Waals surface area contributed by atoms with Crippen molar-refractivity contribution in [1.82, 2.24) is 20.2 Å². The standard InChI is InChI=1S/C13H16N4O3/c1-17(8-11-14-5-6-15-11)12(18)2-4-16-13(19)10-3-7-20-9-10/h3,5-7,9H,2,4,8H2,1H3,(H,14,15)(H,16,19). The van der Waals surface area contributed by atoms with E-state index in [0.29, 0.717) is 12.1 Å². The van der Waals surface area contributed by atoms with Crippen LogP contribution < -0.4 is 5.32 Å². The highest BCUT2D eigenvalue weighted by atomic mass is 16.3. The number of nitrogens with one attached hydrogen (secondary N) is 2. The molecule has 2 amide bonds. The van der Waals surface area contributed by atoms with Gasteiger partial charge in [-0.25, -0.2) is 4.98 Å². The van der Waals surface area contributed by atoms with Crippen LogP contribution in [0, 0.1) is 0 Å². The van der Waals surface area contributed by atoms with E-state index in [-0.39, 0.29) is 24.8 Å². The molecule has 0 aromatic carbocycles. The van der Waals surface area contributed by atoms with Gasteiger partial charge in [-0.05, 0) is 6.07 Å². The molecule has 0 unspecified atom stereocenters. The second-order valence-electron chi connectivity index (χ2n) is 4.30. The molecule has 0 aliphatic carbocycles. The molecule has 2 aromatic heterocycles. The molecule has 0 saturated heterocycles. The third kappa shape index (κ3) is 3.71. The molecule has 7 heteroatoms. The highest BCUT2D eigenvalue weighted by Crippen LogP contribution is 2.00. The molecule has 0 radical (unpaired) electrons. The second-order valence-corrected chi connectivity index (χ2v) is 4.30. The van der Waals surface area contributed by atoms with Gasteiger partial charge in [0.15, 0.2) is 0 Å². The molecule has 2 N–H and O–H groups in total. The molecular weight excluding hydrogens is 260 g/mol. The molecule has 20 heavy (non-hydrogen) atoms. The van der Waals surface area contributed by atoms with Gasteiger partial charge in [0.05, 0.1) is 18.4 Å². The lowest BCUT2D eigenvalue weighted by atomic mass is 10.3. The van der Waals surface area contributed by atoms with Crippen molar-refractivity contribution < 1.29 is 14.0 Å². The lowest BCUT2D eigenvalue weighted by Gasteiger charge is -2.15. The quantitative estimate of drug-likeness (QED) is 0.815. The normalized spacial score (nSPS) is 10.2. The second kappa shape index (κ2) is 6.55. The summed E-state index contributed by atoms with van der Waals surface area (Å²) in [4.78, 5) is 32.0. The predicted molar refractivity (Wildman–Crippen MR) is 70.7 cm³/mol. The summed E-state index contributed by atoms with van der Waals surface area (Å²) in [5, 5.41) is 2.66. The van der Waals surface area contributed by atoms with Gasteiger partial charge in [0.2, 0.25) is 5.91 Å². The number of aromatic nitrogens is 2. The van der Waals surface area contributed by atoms with E-state index < -0.39 is 0 Å². The van der Waals surface area contributed by atoms with Gasteiger partial charge < -0.3 is 19.6 Å². The summed E-state index contributed by atoms with van der Waals surface area (Å²) in [7, 11) is 1.70. The van der Waals surface area contributed by atoms with Gasteiger partial charge in [-0.1, -0.05) is 0 Å². The summed E-state index contributed by atoms with van der Waals surface area (Å²) in [6.45, 7) is 0.701. The number of H-pyrrole nitrogens is 1. The molecule has 0 atom stereocenters. The van der Waals surface area contributed by atoms with Gasteiger partial charge in [0.1, 0.15) is 12.1 Å². The fraction of sp³-hybridized carbons (Fsp3) is 0.308. The number of imidazole rings is 1. The zero-order valence-corrected chi connectivity index (χ0v) is 11.1. The van der Waals surface area contributed by atoms with Crippen LogP contribution >= 0.6 is 0 Å². The number of carbonyl (C=O) groups excluding carboxylic acids is 2. The first-order valence-corrected chi connectivity index (χ1v) is 6.19. The summed E-state index contributed by atoms with van der Waals surface area (Å²) in [5.41, 5.74) is 0.446. The maximum absolute atomic E-state index is 11.9. The minimum atomic E-state index is -0.250. The fourth-order valence-corrected chi connectivity index (χ4v) is 1.67. The smallest absolute Gasteiger partial charge is 0.254 e. The summed E-state index contributed by atoms with van der Waals surface area (Å²) in [6, 6.07) is 1.57. The SMILES string of the molecule is CN(Cc1ncc[nH]1)C(=O)CCNC(=O)c1ccoc1. The Morgan fingerprint density at radius 1 is 1.50 bits per heavy atom. The van der Waals surface area contributed by atoms with Crippen molar-refractivity contribution in [2.75, 3.05) is 13.6 Å². The average Bonchev–Trinajstić information content (AvgIpc) is 3.11. The minimum Gasteiger partial charge on any atom is -0.472 e. The minimum absolute atomic E-state index is 0.0612. The first-order valence-electron chi connectivity index (χ1n) is 6.19. The Bertz CT molecular complexity index is 548. The van der Waals surface area contributed by atoms with Gasteiger partial charge in [-0.15, -0.1) is 0 Å². The Balaban J connectivity index is 1.71. The van der Waals surface area contributed by atoms with Gasteiger partial charge in [-0.2, -0.15) is 0 Å². The van der Waals surface area contributed by atoms with Gasteiger partial charge in [-0.3, -0.25) is 9.59 Å². The van der Waals surface area contributed by atoms with Crippen LogP contribution in [0.1, 0.15) is 22.6 Å². The Morgan fingerprint density at radius 2 is 2.35 bits per heavy atom. The van der Waals surface area contributed by atoms with E-state index in [1.807, 2.05) is 0 Å². The molecule has 2 rings (SSSR count). The monoisotopic (exact) mass is 276 g/mol.